The van der Waals surface area contributed by atoms with Crippen LogP contribution in [0, 0.1) is 6.92 Å². The zero-order valence-electron chi connectivity index (χ0n) is 10.5. The summed E-state index contributed by atoms with van der Waals surface area (Å²) in [4.78, 5) is 8.88. The first kappa shape index (κ1) is 12.3. The first-order valence-electron chi connectivity index (χ1n) is 5.70. The van der Waals surface area contributed by atoms with Gasteiger partial charge in [0.05, 0.1) is 11.9 Å². The summed E-state index contributed by atoms with van der Waals surface area (Å²) in [7, 11) is 1.87. The van der Waals surface area contributed by atoms with Gasteiger partial charge in [0, 0.05) is 35.8 Å². The van der Waals surface area contributed by atoms with Gasteiger partial charge in [0.15, 0.2) is 5.82 Å². The molecule has 0 atom stereocenters. The van der Waals surface area contributed by atoms with Gasteiger partial charge in [0.1, 0.15) is 5.15 Å². The minimum Gasteiger partial charge on any atom is -0.275 e. The van der Waals surface area contributed by atoms with E-state index in [2.05, 4.69) is 20.4 Å². The van der Waals surface area contributed by atoms with Crippen LogP contribution in [0.3, 0.4) is 0 Å². The molecule has 6 heteroatoms. The van der Waals surface area contributed by atoms with Crippen molar-refractivity contribution in [1.82, 2.24) is 19.7 Å². The number of thiophene rings is 1. The normalized spacial score (nSPS) is 10.9. The highest BCUT2D eigenvalue weighted by Gasteiger charge is 2.11. The van der Waals surface area contributed by atoms with Crippen molar-refractivity contribution in [3.8, 4) is 22.6 Å². The standard InChI is InChI=1S/C13H11ClN4S/c1-8-6-19-7-10(8)13-16-11(3-12(14)17-13)9-4-15-18(2)5-9/h3-7H,1-2H3. The first-order valence-corrected chi connectivity index (χ1v) is 7.02. The molecule has 0 radical (unpaired) electrons. The van der Waals surface area contributed by atoms with Crippen molar-refractivity contribution in [2.45, 2.75) is 6.92 Å². The van der Waals surface area contributed by atoms with Crippen molar-refractivity contribution in [2.75, 3.05) is 0 Å². The molecule has 0 unspecified atom stereocenters. The molecule has 3 rings (SSSR count). The molecule has 0 amide bonds. The van der Waals surface area contributed by atoms with E-state index >= 15 is 0 Å². The Balaban J connectivity index is 2.13. The van der Waals surface area contributed by atoms with Crippen molar-refractivity contribution in [1.29, 1.82) is 0 Å². The fourth-order valence-corrected chi connectivity index (χ4v) is 2.84. The maximum absolute atomic E-state index is 6.10. The largest absolute Gasteiger partial charge is 0.275 e. The number of nitrogens with zero attached hydrogens (tertiary/aromatic N) is 4. The van der Waals surface area contributed by atoms with E-state index in [0.29, 0.717) is 11.0 Å². The van der Waals surface area contributed by atoms with Crippen molar-refractivity contribution in [2.24, 2.45) is 7.05 Å². The molecule has 0 bridgehead atoms. The Morgan fingerprint density at radius 3 is 2.74 bits per heavy atom. The second kappa shape index (κ2) is 4.75. The lowest BCUT2D eigenvalue weighted by Gasteiger charge is -2.03. The molecule has 0 aromatic carbocycles. The second-order valence-corrected chi connectivity index (χ2v) is 5.40. The van der Waals surface area contributed by atoms with Crippen LogP contribution in [0.4, 0.5) is 0 Å². The van der Waals surface area contributed by atoms with E-state index in [-0.39, 0.29) is 0 Å². The predicted molar refractivity (Wildman–Crippen MR) is 77.3 cm³/mol. The molecule has 96 valence electrons. The van der Waals surface area contributed by atoms with Gasteiger partial charge in [-0.15, -0.1) is 0 Å². The third kappa shape index (κ3) is 2.39. The van der Waals surface area contributed by atoms with Crippen LogP contribution in [0.5, 0.6) is 0 Å². The summed E-state index contributed by atoms with van der Waals surface area (Å²) in [6.45, 7) is 2.04. The average molecular weight is 291 g/mol. The summed E-state index contributed by atoms with van der Waals surface area (Å²) in [6, 6.07) is 1.75. The SMILES string of the molecule is Cc1cscc1-c1nc(Cl)cc(-c2cnn(C)c2)n1. The Bertz CT molecular complexity index is 732. The average Bonchev–Trinajstić information content (AvgIpc) is 2.97. The Hall–Kier alpha value is -1.72. The van der Waals surface area contributed by atoms with E-state index in [0.717, 1.165) is 22.4 Å². The molecule has 0 N–H and O–H groups in total. The summed E-state index contributed by atoms with van der Waals surface area (Å²) >= 11 is 7.73. The topological polar surface area (TPSA) is 43.6 Å². The van der Waals surface area contributed by atoms with Crippen LogP contribution < -0.4 is 0 Å². The minimum atomic E-state index is 0.439. The molecular formula is C13H11ClN4S. The molecule has 0 aliphatic heterocycles. The molecular weight excluding hydrogens is 280 g/mol. The van der Waals surface area contributed by atoms with Gasteiger partial charge in [-0.1, -0.05) is 11.6 Å². The highest BCUT2D eigenvalue weighted by atomic mass is 35.5. The van der Waals surface area contributed by atoms with Crippen molar-refractivity contribution in [3.63, 3.8) is 0 Å². The Morgan fingerprint density at radius 2 is 2.11 bits per heavy atom. The molecule has 3 aromatic rings. The lowest BCUT2D eigenvalue weighted by Crippen LogP contribution is -1.92. The van der Waals surface area contributed by atoms with E-state index < -0.39 is 0 Å². The van der Waals surface area contributed by atoms with Gasteiger partial charge in [-0.2, -0.15) is 16.4 Å². The zero-order chi connectivity index (χ0) is 13.4. The van der Waals surface area contributed by atoms with Crippen molar-refractivity contribution in [3.05, 3.63) is 39.9 Å². The van der Waals surface area contributed by atoms with Gasteiger partial charge in [-0.3, -0.25) is 4.68 Å². The Kier molecular flexibility index (Phi) is 3.08. The fourth-order valence-electron chi connectivity index (χ4n) is 1.83. The highest BCUT2D eigenvalue weighted by Crippen LogP contribution is 2.27. The van der Waals surface area contributed by atoms with E-state index in [1.54, 1.807) is 28.3 Å². The highest BCUT2D eigenvalue weighted by molar-refractivity contribution is 7.08. The van der Waals surface area contributed by atoms with Crippen LogP contribution >= 0.6 is 22.9 Å². The summed E-state index contributed by atoms with van der Waals surface area (Å²) < 4.78 is 1.74. The molecule has 19 heavy (non-hydrogen) atoms. The van der Waals surface area contributed by atoms with Gasteiger partial charge in [-0.25, -0.2) is 9.97 Å². The van der Waals surface area contributed by atoms with Gasteiger partial charge in [0.2, 0.25) is 0 Å². The summed E-state index contributed by atoms with van der Waals surface area (Å²) in [5, 5.41) is 8.70. The number of rotatable bonds is 2. The number of hydrogen-bond donors (Lipinski definition) is 0. The molecule has 4 nitrogen and oxygen atoms in total. The van der Waals surface area contributed by atoms with Gasteiger partial charge >= 0.3 is 0 Å². The molecule has 0 aliphatic rings. The maximum Gasteiger partial charge on any atom is 0.162 e. The quantitative estimate of drug-likeness (QED) is 0.678. The summed E-state index contributed by atoms with van der Waals surface area (Å²) in [6.07, 6.45) is 3.67. The van der Waals surface area contributed by atoms with Crippen LogP contribution in [0.2, 0.25) is 5.15 Å². The Labute approximate surface area is 119 Å². The molecule has 0 fully saturated rings. The molecule has 3 aromatic heterocycles. The second-order valence-electron chi connectivity index (χ2n) is 4.27. The Morgan fingerprint density at radius 1 is 1.26 bits per heavy atom. The van der Waals surface area contributed by atoms with Gasteiger partial charge in [0.25, 0.3) is 0 Å². The number of aryl methyl sites for hydroxylation is 2. The molecule has 0 aliphatic carbocycles. The van der Waals surface area contributed by atoms with Crippen LogP contribution in [-0.4, -0.2) is 19.7 Å². The minimum absolute atomic E-state index is 0.439. The van der Waals surface area contributed by atoms with E-state index in [1.807, 2.05) is 25.5 Å². The summed E-state index contributed by atoms with van der Waals surface area (Å²) in [5.41, 5.74) is 3.90. The van der Waals surface area contributed by atoms with Gasteiger partial charge < -0.3 is 0 Å². The first-order chi connectivity index (χ1) is 9.13. The van der Waals surface area contributed by atoms with Crippen molar-refractivity contribution >= 4 is 22.9 Å². The predicted octanol–water partition coefficient (Wildman–Crippen LogP) is 3.57. The van der Waals surface area contributed by atoms with Crippen LogP contribution in [0.15, 0.2) is 29.2 Å². The molecule has 0 saturated carbocycles. The smallest absolute Gasteiger partial charge is 0.162 e. The molecule has 0 spiro atoms. The summed E-state index contributed by atoms with van der Waals surface area (Å²) in [5.74, 6) is 0.658. The van der Waals surface area contributed by atoms with E-state index in [4.69, 9.17) is 11.6 Å². The van der Waals surface area contributed by atoms with Gasteiger partial charge in [-0.05, 0) is 17.9 Å². The lowest BCUT2D eigenvalue weighted by atomic mass is 10.2. The van der Waals surface area contributed by atoms with E-state index in [1.165, 1.54) is 0 Å². The monoisotopic (exact) mass is 290 g/mol. The maximum atomic E-state index is 6.10. The third-order valence-corrected chi connectivity index (χ3v) is 3.85. The number of halogens is 1. The molecule has 3 heterocycles. The van der Waals surface area contributed by atoms with E-state index in [9.17, 15) is 0 Å². The van der Waals surface area contributed by atoms with Crippen LogP contribution in [0.1, 0.15) is 5.56 Å². The number of hydrogen-bond acceptors (Lipinski definition) is 4. The lowest BCUT2D eigenvalue weighted by molar-refractivity contribution is 0.768. The molecule has 0 saturated heterocycles. The fraction of sp³-hybridized carbons (Fsp3) is 0.154. The van der Waals surface area contributed by atoms with Crippen LogP contribution in [0.25, 0.3) is 22.6 Å². The third-order valence-electron chi connectivity index (χ3n) is 2.79. The number of aromatic nitrogens is 4. The zero-order valence-corrected chi connectivity index (χ0v) is 12.0. The van der Waals surface area contributed by atoms with Crippen molar-refractivity contribution < 1.29 is 0 Å². The van der Waals surface area contributed by atoms with Crippen LogP contribution in [-0.2, 0) is 7.05 Å².